The van der Waals surface area contributed by atoms with E-state index in [0.29, 0.717) is 6.61 Å². The summed E-state index contributed by atoms with van der Waals surface area (Å²) in [4.78, 5) is 23.9. The fourth-order valence-electron chi connectivity index (χ4n) is 1.95. The molecule has 1 amide bonds. The summed E-state index contributed by atoms with van der Waals surface area (Å²) in [5, 5.41) is 2.49. The first-order valence-corrected chi connectivity index (χ1v) is 8.29. The minimum atomic E-state index is -0.788. The van der Waals surface area contributed by atoms with E-state index in [1.54, 1.807) is 27.7 Å². The number of nitrogens with one attached hydrogen (secondary N) is 1. The summed E-state index contributed by atoms with van der Waals surface area (Å²) in [6.07, 6.45) is -0.303. The summed E-state index contributed by atoms with van der Waals surface area (Å²) in [5.74, 6) is -0.388. The molecule has 0 spiro atoms. The maximum absolute atomic E-state index is 12.2. The van der Waals surface area contributed by atoms with Crippen LogP contribution in [0, 0.1) is 5.92 Å². The Hall–Kier alpha value is -1.30. The van der Waals surface area contributed by atoms with Crippen LogP contribution in [-0.2, 0) is 19.0 Å². The molecule has 0 aliphatic rings. The van der Waals surface area contributed by atoms with Crippen LogP contribution in [0.3, 0.4) is 0 Å². The van der Waals surface area contributed by atoms with Crippen molar-refractivity contribution in [2.24, 2.45) is 5.92 Å². The highest BCUT2D eigenvalue weighted by Gasteiger charge is 2.29. The van der Waals surface area contributed by atoms with E-state index in [1.165, 1.54) is 0 Å². The molecule has 0 saturated heterocycles. The Bertz CT molecular complexity index is 376. The van der Waals surface area contributed by atoms with Crippen molar-refractivity contribution in [1.29, 1.82) is 0 Å². The molecule has 0 aromatic heterocycles. The second-order valence-corrected chi connectivity index (χ2v) is 7.09. The fourth-order valence-corrected chi connectivity index (χ4v) is 1.95. The molecule has 0 rings (SSSR count). The molecule has 6 nitrogen and oxygen atoms in total. The zero-order chi connectivity index (χ0) is 18.2. The molecule has 3 atom stereocenters. The van der Waals surface area contributed by atoms with Crippen LogP contribution in [0.5, 0.6) is 0 Å². The van der Waals surface area contributed by atoms with E-state index in [1.807, 2.05) is 27.7 Å². The molecule has 0 saturated carbocycles. The summed E-state index contributed by atoms with van der Waals surface area (Å²) in [5.41, 5.74) is -0.614. The lowest BCUT2D eigenvalue weighted by Crippen LogP contribution is -2.45. The average molecular weight is 331 g/mol. The lowest BCUT2D eigenvalue weighted by atomic mass is 10.0. The first-order valence-electron chi connectivity index (χ1n) is 8.29. The van der Waals surface area contributed by atoms with Gasteiger partial charge in [-0.05, 0) is 47.0 Å². The molecule has 0 aliphatic heterocycles. The summed E-state index contributed by atoms with van der Waals surface area (Å²) in [6, 6.07) is -0.788. The van der Waals surface area contributed by atoms with Crippen molar-refractivity contribution in [2.45, 2.75) is 85.7 Å². The van der Waals surface area contributed by atoms with Gasteiger partial charge in [-0.3, -0.25) is 0 Å². The maximum Gasteiger partial charge on any atom is 0.408 e. The molecule has 0 heterocycles. The number of esters is 1. The first kappa shape index (κ1) is 21.7. The number of rotatable bonds is 8. The van der Waals surface area contributed by atoms with Gasteiger partial charge in [0.2, 0.25) is 0 Å². The predicted octanol–water partition coefficient (Wildman–Crippen LogP) is 3.28. The quantitative estimate of drug-likeness (QED) is 0.691. The summed E-state index contributed by atoms with van der Waals surface area (Å²) < 4.78 is 16.3. The number of carbonyl (C=O) groups is 2. The van der Waals surface area contributed by atoms with Crippen LogP contribution < -0.4 is 5.32 Å². The third-order valence-electron chi connectivity index (χ3n) is 3.04. The van der Waals surface area contributed by atoms with Crippen LogP contribution in [-0.4, -0.2) is 42.5 Å². The van der Waals surface area contributed by atoms with Crippen LogP contribution in [0.2, 0.25) is 0 Å². The van der Waals surface area contributed by atoms with Crippen molar-refractivity contribution in [3.05, 3.63) is 0 Å². The Morgan fingerprint density at radius 3 is 2.09 bits per heavy atom. The standard InChI is InChI=1S/C17H33NO5/c1-9-10-21-13(5)14(11(2)3)22-15(19)12(4)18-16(20)23-17(6,7)8/h11-14H,9-10H2,1-8H3,(H,18,20)/t12-,13-,14+/m0/s1. The molecule has 0 radical (unpaired) electrons. The molecule has 0 aromatic rings. The molecule has 0 fully saturated rings. The van der Waals surface area contributed by atoms with Crippen molar-refractivity contribution in [1.82, 2.24) is 5.32 Å². The zero-order valence-electron chi connectivity index (χ0n) is 15.8. The number of alkyl carbamates (subject to hydrolysis) is 1. The van der Waals surface area contributed by atoms with Gasteiger partial charge in [0.05, 0.1) is 6.10 Å². The van der Waals surface area contributed by atoms with E-state index < -0.39 is 23.7 Å². The van der Waals surface area contributed by atoms with Crippen molar-refractivity contribution < 1.29 is 23.8 Å². The van der Waals surface area contributed by atoms with Gasteiger partial charge in [-0.15, -0.1) is 0 Å². The highest BCUT2D eigenvalue weighted by Crippen LogP contribution is 2.15. The van der Waals surface area contributed by atoms with Gasteiger partial charge in [-0.25, -0.2) is 9.59 Å². The van der Waals surface area contributed by atoms with Gasteiger partial charge in [0.1, 0.15) is 17.7 Å². The molecule has 136 valence electrons. The van der Waals surface area contributed by atoms with Gasteiger partial charge in [0, 0.05) is 6.61 Å². The first-order chi connectivity index (χ1) is 10.5. The molecule has 0 unspecified atom stereocenters. The van der Waals surface area contributed by atoms with Gasteiger partial charge < -0.3 is 19.5 Å². The minimum Gasteiger partial charge on any atom is -0.458 e. The summed E-state index contributed by atoms with van der Waals surface area (Å²) in [7, 11) is 0. The van der Waals surface area contributed by atoms with E-state index in [9.17, 15) is 9.59 Å². The van der Waals surface area contributed by atoms with Gasteiger partial charge in [0.15, 0.2) is 0 Å². The lowest BCUT2D eigenvalue weighted by Gasteiger charge is -2.29. The largest absolute Gasteiger partial charge is 0.458 e. The van der Waals surface area contributed by atoms with E-state index in [4.69, 9.17) is 14.2 Å². The van der Waals surface area contributed by atoms with Crippen molar-refractivity contribution >= 4 is 12.1 Å². The number of amides is 1. The summed E-state index contributed by atoms with van der Waals surface area (Å²) in [6.45, 7) is 15.3. The molecule has 0 aliphatic carbocycles. The van der Waals surface area contributed by atoms with E-state index >= 15 is 0 Å². The normalized spacial score (nSPS) is 15.7. The van der Waals surface area contributed by atoms with Gasteiger partial charge >= 0.3 is 12.1 Å². The Morgan fingerprint density at radius 1 is 1.09 bits per heavy atom. The molecular formula is C17H33NO5. The molecule has 0 bridgehead atoms. The zero-order valence-corrected chi connectivity index (χ0v) is 15.8. The molecule has 1 N–H and O–H groups in total. The third-order valence-corrected chi connectivity index (χ3v) is 3.04. The fraction of sp³-hybridized carbons (Fsp3) is 0.882. The highest BCUT2D eigenvalue weighted by atomic mass is 16.6. The van der Waals surface area contributed by atoms with Gasteiger partial charge in [0.25, 0.3) is 0 Å². The number of hydrogen-bond acceptors (Lipinski definition) is 5. The molecule has 0 aromatic carbocycles. The number of carbonyl (C=O) groups excluding carboxylic acids is 2. The second kappa shape index (κ2) is 9.75. The van der Waals surface area contributed by atoms with E-state index in [2.05, 4.69) is 5.32 Å². The Morgan fingerprint density at radius 2 is 1.65 bits per heavy atom. The Balaban J connectivity index is 4.58. The van der Waals surface area contributed by atoms with Crippen LogP contribution in [0.15, 0.2) is 0 Å². The highest BCUT2D eigenvalue weighted by molar-refractivity contribution is 5.81. The van der Waals surface area contributed by atoms with Crippen LogP contribution in [0.4, 0.5) is 4.79 Å². The van der Waals surface area contributed by atoms with Crippen molar-refractivity contribution in [3.63, 3.8) is 0 Å². The monoisotopic (exact) mass is 331 g/mol. The Labute approximate surface area is 140 Å². The maximum atomic E-state index is 12.2. The Kier molecular flexibility index (Phi) is 9.20. The van der Waals surface area contributed by atoms with Crippen LogP contribution >= 0.6 is 0 Å². The van der Waals surface area contributed by atoms with E-state index in [-0.39, 0.29) is 18.1 Å². The van der Waals surface area contributed by atoms with Gasteiger partial charge in [-0.2, -0.15) is 0 Å². The molecule has 6 heteroatoms. The molecule has 23 heavy (non-hydrogen) atoms. The number of ether oxygens (including phenoxy) is 3. The third kappa shape index (κ3) is 9.43. The van der Waals surface area contributed by atoms with Gasteiger partial charge in [-0.1, -0.05) is 20.8 Å². The SMILES string of the molecule is CCCO[C@@H](C)[C@H](OC(=O)[C@H](C)NC(=O)OC(C)(C)C)C(C)C. The second-order valence-electron chi connectivity index (χ2n) is 7.09. The lowest BCUT2D eigenvalue weighted by molar-refractivity contribution is -0.162. The van der Waals surface area contributed by atoms with Crippen LogP contribution in [0.25, 0.3) is 0 Å². The summed E-state index contributed by atoms with van der Waals surface area (Å²) >= 11 is 0. The molecular weight excluding hydrogens is 298 g/mol. The average Bonchev–Trinajstić information content (AvgIpc) is 2.38. The topological polar surface area (TPSA) is 73.9 Å². The van der Waals surface area contributed by atoms with Crippen molar-refractivity contribution in [3.8, 4) is 0 Å². The van der Waals surface area contributed by atoms with E-state index in [0.717, 1.165) is 6.42 Å². The predicted molar refractivity (Wildman–Crippen MR) is 89.3 cm³/mol. The number of hydrogen-bond donors (Lipinski definition) is 1. The minimum absolute atomic E-state index is 0.111. The smallest absolute Gasteiger partial charge is 0.408 e. The van der Waals surface area contributed by atoms with Crippen LogP contribution in [0.1, 0.15) is 61.8 Å². The van der Waals surface area contributed by atoms with Crippen molar-refractivity contribution in [2.75, 3.05) is 6.61 Å².